The van der Waals surface area contributed by atoms with E-state index >= 15 is 0 Å². The van der Waals surface area contributed by atoms with Crippen LogP contribution in [-0.2, 0) is 10.8 Å². The molecule has 1 fully saturated rings. The summed E-state index contributed by atoms with van der Waals surface area (Å²) in [5.41, 5.74) is 6.70. The molecule has 1 aromatic carbocycles. The van der Waals surface area contributed by atoms with E-state index in [1.807, 2.05) is 6.08 Å². The van der Waals surface area contributed by atoms with Gasteiger partial charge in [0, 0.05) is 44.1 Å². The van der Waals surface area contributed by atoms with Crippen LogP contribution in [0.4, 0.5) is 0 Å². The number of fused-ring (bicyclic) bond motifs is 1. The Kier molecular flexibility index (Phi) is 8.12. The summed E-state index contributed by atoms with van der Waals surface area (Å²) in [5.74, 6) is 0.373. The zero-order valence-corrected chi connectivity index (χ0v) is 22.4. The van der Waals surface area contributed by atoms with Gasteiger partial charge in [-0.1, -0.05) is 52.0 Å². The normalized spacial score (nSPS) is 25.4. The van der Waals surface area contributed by atoms with E-state index in [1.165, 1.54) is 36.1 Å². The predicted molar refractivity (Wildman–Crippen MR) is 147 cm³/mol. The molecule has 0 saturated carbocycles. The summed E-state index contributed by atoms with van der Waals surface area (Å²) < 4.78 is 0. The van der Waals surface area contributed by atoms with Crippen molar-refractivity contribution >= 4 is 5.57 Å². The molecule has 0 spiro atoms. The molecular weight excluding hydrogens is 432 g/mol. The van der Waals surface area contributed by atoms with Crippen LogP contribution < -0.4 is 0 Å². The predicted octanol–water partition coefficient (Wildman–Crippen LogP) is 6.32. The number of aliphatic hydroxyl groups is 2. The first-order valence-corrected chi connectivity index (χ1v) is 13.8. The number of benzene rings is 1. The highest BCUT2D eigenvalue weighted by atomic mass is 16.3. The topological polar surface area (TPSA) is 46.9 Å². The molecule has 3 aliphatic rings. The van der Waals surface area contributed by atoms with E-state index < -0.39 is 0 Å². The molecule has 2 aliphatic carbocycles. The van der Waals surface area contributed by atoms with Crippen LogP contribution in [0.5, 0.6) is 0 Å². The van der Waals surface area contributed by atoms with Gasteiger partial charge in [-0.25, -0.2) is 0 Å². The van der Waals surface area contributed by atoms with Crippen molar-refractivity contribution < 1.29 is 10.2 Å². The SMILES string of the molecule is CC1(C)CCC(C)(C)c2cc(C3=CCC/C(N4CCN(CCCCCO)CC4)=C\C=C/3O)ccc21. The standard InChI is InChI=1S/C31H46N2O2/c1-30(2)15-16-31(3,4)28-23-24(11-13-27(28)30)26-10-8-9-25(12-14-29(26)35)33-20-18-32(19-21-33)17-6-5-7-22-34/h10-14,23,34-35H,5-9,15-22H2,1-4H3/b25-12+,26-10?,29-14+. The van der Waals surface area contributed by atoms with Gasteiger partial charge in [-0.3, -0.25) is 4.90 Å². The quantitative estimate of drug-likeness (QED) is 0.450. The Bertz CT molecular complexity index is 978. The van der Waals surface area contributed by atoms with E-state index in [9.17, 15) is 5.11 Å². The number of hydrogen-bond donors (Lipinski definition) is 2. The van der Waals surface area contributed by atoms with E-state index in [1.54, 1.807) is 0 Å². The molecule has 35 heavy (non-hydrogen) atoms. The monoisotopic (exact) mass is 478 g/mol. The number of nitrogens with zero attached hydrogens (tertiary/aromatic N) is 2. The van der Waals surface area contributed by atoms with Gasteiger partial charge in [0.1, 0.15) is 5.76 Å². The fraction of sp³-hybridized carbons (Fsp3) is 0.613. The lowest BCUT2D eigenvalue weighted by Gasteiger charge is -2.42. The van der Waals surface area contributed by atoms with Crippen LogP contribution in [-0.4, -0.2) is 59.3 Å². The lowest BCUT2D eigenvalue weighted by atomic mass is 9.63. The molecule has 0 amide bonds. The molecule has 0 radical (unpaired) electrons. The molecule has 1 heterocycles. The Morgan fingerprint density at radius 1 is 0.857 bits per heavy atom. The maximum absolute atomic E-state index is 11.1. The van der Waals surface area contributed by atoms with Crippen molar-refractivity contribution in [2.45, 2.75) is 83.5 Å². The third kappa shape index (κ3) is 6.03. The number of hydrogen-bond acceptors (Lipinski definition) is 4. The largest absolute Gasteiger partial charge is 0.507 e. The van der Waals surface area contributed by atoms with Crippen molar-refractivity contribution in [3.63, 3.8) is 0 Å². The fourth-order valence-corrected chi connectivity index (χ4v) is 5.99. The minimum Gasteiger partial charge on any atom is -0.507 e. The molecule has 4 rings (SSSR count). The highest BCUT2D eigenvalue weighted by Crippen LogP contribution is 2.46. The van der Waals surface area contributed by atoms with E-state index in [4.69, 9.17) is 5.11 Å². The summed E-state index contributed by atoms with van der Waals surface area (Å²) in [6.07, 6.45) is 13.8. The number of allylic oxidation sites excluding steroid dienone is 5. The van der Waals surface area contributed by atoms with Gasteiger partial charge in [0.05, 0.1) is 0 Å². The summed E-state index contributed by atoms with van der Waals surface area (Å²) in [6, 6.07) is 6.87. The Morgan fingerprint density at radius 3 is 2.29 bits per heavy atom. The lowest BCUT2D eigenvalue weighted by Crippen LogP contribution is -2.46. The Morgan fingerprint density at radius 2 is 1.57 bits per heavy atom. The maximum atomic E-state index is 11.1. The third-order valence-corrected chi connectivity index (χ3v) is 8.53. The smallest absolute Gasteiger partial charge is 0.123 e. The lowest BCUT2D eigenvalue weighted by molar-refractivity contribution is 0.152. The fourth-order valence-electron chi connectivity index (χ4n) is 5.99. The highest BCUT2D eigenvalue weighted by Gasteiger charge is 2.37. The first-order chi connectivity index (χ1) is 16.7. The van der Waals surface area contributed by atoms with Crippen LogP contribution in [0.25, 0.3) is 5.57 Å². The minimum absolute atomic E-state index is 0.163. The molecule has 2 N–H and O–H groups in total. The van der Waals surface area contributed by atoms with Crippen molar-refractivity contribution in [3.8, 4) is 0 Å². The van der Waals surface area contributed by atoms with Gasteiger partial charge < -0.3 is 15.1 Å². The first-order valence-electron chi connectivity index (χ1n) is 13.8. The molecule has 4 nitrogen and oxygen atoms in total. The molecule has 0 unspecified atom stereocenters. The molecule has 192 valence electrons. The number of piperazine rings is 1. The Labute approximate surface area is 213 Å². The van der Waals surface area contributed by atoms with Crippen LogP contribution in [0.15, 0.2) is 47.9 Å². The van der Waals surface area contributed by atoms with Gasteiger partial charge in [-0.15, -0.1) is 0 Å². The maximum Gasteiger partial charge on any atom is 0.123 e. The summed E-state index contributed by atoms with van der Waals surface area (Å²) in [5, 5.41) is 20.0. The first kappa shape index (κ1) is 26.0. The van der Waals surface area contributed by atoms with Gasteiger partial charge >= 0.3 is 0 Å². The molecule has 1 aromatic rings. The van der Waals surface area contributed by atoms with Crippen molar-refractivity contribution in [2.75, 3.05) is 39.3 Å². The van der Waals surface area contributed by atoms with Crippen molar-refractivity contribution in [3.05, 3.63) is 64.6 Å². The zero-order valence-electron chi connectivity index (χ0n) is 22.4. The highest BCUT2D eigenvalue weighted by molar-refractivity contribution is 5.78. The van der Waals surface area contributed by atoms with Crippen LogP contribution in [0.3, 0.4) is 0 Å². The van der Waals surface area contributed by atoms with Gasteiger partial charge in [0.2, 0.25) is 0 Å². The molecule has 0 bridgehead atoms. The van der Waals surface area contributed by atoms with Crippen LogP contribution in [0, 0.1) is 0 Å². The Hall–Kier alpha value is -2.04. The van der Waals surface area contributed by atoms with Crippen LogP contribution in [0.1, 0.15) is 89.3 Å². The van der Waals surface area contributed by atoms with Crippen molar-refractivity contribution in [1.82, 2.24) is 9.80 Å². The summed E-state index contributed by atoms with van der Waals surface area (Å²) in [6.45, 7) is 15.2. The second-order valence-corrected chi connectivity index (χ2v) is 12.0. The van der Waals surface area contributed by atoms with Gasteiger partial charge in [0.25, 0.3) is 0 Å². The van der Waals surface area contributed by atoms with E-state index in [2.05, 4.69) is 67.8 Å². The van der Waals surface area contributed by atoms with E-state index in [0.29, 0.717) is 12.4 Å². The third-order valence-electron chi connectivity index (χ3n) is 8.53. The van der Waals surface area contributed by atoms with Crippen LogP contribution >= 0.6 is 0 Å². The molecule has 1 aliphatic heterocycles. The van der Waals surface area contributed by atoms with E-state index in [0.717, 1.165) is 69.5 Å². The zero-order chi connectivity index (χ0) is 25.1. The van der Waals surface area contributed by atoms with Crippen molar-refractivity contribution in [1.29, 1.82) is 0 Å². The summed E-state index contributed by atoms with van der Waals surface area (Å²) in [7, 11) is 0. The molecule has 4 heteroatoms. The second kappa shape index (κ2) is 10.9. The van der Waals surface area contributed by atoms with Gasteiger partial charge in [-0.05, 0) is 91.2 Å². The van der Waals surface area contributed by atoms with Gasteiger partial charge in [0.15, 0.2) is 0 Å². The van der Waals surface area contributed by atoms with E-state index in [-0.39, 0.29) is 10.8 Å². The Balaban J connectivity index is 1.45. The van der Waals surface area contributed by atoms with Crippen LogP contribution in [0.2, 0.25) is 0 Å². The number of aliphatic hydroxyl groups excluding tert-OH is 2. The number of unbranched alkanes of at least 4 members (excludes halogenated alkanes) is 2. The molecule has 0 atom stereocenters. The van der Waals surface area contributed by atoms with Crippen molar-refractivity contribution in [2.24, 2.45) is 0 Å². The summed E-state index contributed by atoms with van der Waals surface area (Å²) in [4.78, 5) is 5.04. The average Bonchev–Trinajstić information content (AvgIpc) is 2.83. The van der Waals surface area contributed by atoms with Gasteiger partial charge in [-0.2, -0.15) is 0 Å². The second-order valence-electron chi connectivity index (χ2n) is 12.0. The minimum atomic E-state index is 0.163. The molecule has 1 saturated heterocycles. The molecular formula is C31H46N2O2. The summed E-state index contributed by atoms with van der Waals surface area (Å²) >= 11 is 0. The average molecular weight is 479 g/mol. The number of rotatable bonds is 7. The molecule has 0 aromatic heterocycles.